The van der Waals surface area contributed by atoms with Crippen LogP contribution in [-0.4, -0.2) is 19.1 Å². The van der Waals surface area contributed by atoms with Crippen LogP contribution in [0.1, 0.15) is 29.6 Å². The molecule has 0 atom stereocenters. The van der Waals surface area contributed by atoms with E-state index in [2.05, 4.69) is 5.32 Å². The van der Waals surface area contributed by atoms with Crippen LogP contribution in [0.5, 0.6) is 5.75 Å². The van der Waals surface area contributed by atoms with Crippen LogP contribution in [0.3, 0.4) is 0 Å². The van der Waals surface area contributed by atoms with Gasteiger partial charge in [0.1, 0.15) is 5.75 Å². The minimum atomic E-state index is -0.159. The topological polar surface area (TPSA) is 64.3 Å². The predicted octanol–water partition coefficient (Wildman–Crippen LogP) is 2.21. The summed E-state index contributed by atoms with van der Waals surface area (Å²) in [6.07, 6.45) is 3.25. The van der Waals surface area contributed by atoms with Gasteiger partial charge in [0.25, 0.3) is 5.91 Å². The Labute approximate surface area is 105 Å². The molecule has 5 heteroatoms. The van der Waals surface area contributed by atoms with E-state index in [4.69, 9.17) is 22.1 Å². The van der Waals surface area contributed by atoms with Crippen molar-refractivity contribution in [2.45, 2.75) is 25.3 Å². The summed E-state index contributed by atoms with van der Waals surface area (Å²) < 4.78 is 5.14. The maximum atomic E-state index is 12.0. The van der Waals surface area contributed by atoms with Gasteiger partial charge in [-0.2, -0.15) is 0 Å². The van der Waals surface area contributed by atoms with E-state index in [1.165, 1.54) is 13.5 Å². The summed E-state index contributed by atoms with van der Waals surface area (Å²) in [5.41, 5.74) is 6.50. The maximum Gasteiger partial charge on any atom is 0.255 e. The number of ether oxygens (including phenoxy) is 1. The zero-order valence-electron chi connectivity index (χ0n) is 9.63. The van der Waals surface area contributed by atoms with Gasteiger partial charge in [-0.1, -0.05) is 11.6 Å². The SMILES string of the molecule is COc1cc(N)c(Cl)cc1C(=O)NC1CCC1. The van der Waals surface area contributed by atoms with Gasteiger partial charge in [-0.15, -0.1) is 0 Å². The number of hydrogen-bond acceptors (Lipinski definition) is 3. The lowest BCUT2D eigenvalue weighted by Crippen LogP contribution is -2.39. The molecular weight excluding hydrogens is 240 g/mol. The molecule has 0 bridgehead atoms. The fraction of sp³-hybridized carbons (Fsp3) is 0.417. The number of hydrogen-bond donors (Lipinski definition) is 2. The number of benzene rings is 1. The summed E-state index contributed by atoms with van der Waals surface area (Å²) in [6, 6.07) is 3.39. The molecule has 0 aromatic heterocycles. The van der Waals surface area contributed by atoms with Crippen molar-refractivity contribution < 1.29 is 9.53 Å². The largest absolute Gasteiger partial charge is 0.496 e. The highest BCUT2D eigenvalue weighted by Gasteiger charge is 2.22. The second kappa shape index (κ2) is 4.84. The van der Waals surface area contributed by atoms with Crippen LogP contribution in [0.25, 0.3) is 0 Å². The normalized spacial score (nSPS) is 15.2. The summed E-state index contributed by atoms with van der Waals surface area (Å²) in [7, 11) is 1.50. The van der Waals surface area contributed by atoms with Crippen molar-refractivity contribution in [2.75, 3.05) is 12.8 Å². The highest BCUT2D eigenvalue weighted by Crippen LogP contribution is 2.29. The Hall–Kier alpha value is -1.42. The van der Waals surface area contributed by atoms with Crippen LogP contribution in [0, 0.1) is 0 Å². The molecule has 1 aliphatic carbocycles. The second-order valence-electron chi connectivity index (χ2n) is 4.18. The Balaban J connectivity index is 2.23. The van der Waals surface area contributed by atoms with Gasteiger partial charge in [-0.3, -0.25) is 4.79 Å². The van der Waals surface area contributed by atoms with E-state index in [9.17, 15) is 4.79 Å². The Bertz CT molecular complexity index is 444. The number of rotatable bonds is 3. The number of methoxy groups -OCH3 is 1. The van der Waals surface area contributed by atoms with Crippen molar-refractivity contribution in [3.63, 3.8) is 0 Å². The van der Waals surface area contributed by atoms with Crippen LogP contribution in [0.4, 0.5) is 5.69 Å². The van der Waals surface area contributed by atoms with Crippen LogP contribution < -0.4 is 15.8 Å². The van der Waals surface area contributed by atoms with E-state index in [-0.39, 0.29) is 11.9 Å². The van der Waals surface area contributed by atoms with Crippen LogP contribution >= 0.6 is 11.6 Å². The predicted molar refractivity (Wildman–Crippen MR) is 67.5 cm³/mol. The lowest BCUT2D eigenvalue weighted by molar-refractivity contribution is 0.0914. The van der Waals surface area contributed by atoms with E-state index in [0.717, 1.165) is 12.8 Å². The molecule has 3 N–H and O–H groups in total. The Morgan fingerprint density at radius 1 is 1.53 bits per heavy atom. The van der Waals surface area contributed by atoms with E-state index in [0.29, 0.717) is 22.0 Å². The fourth-order valence-electron chi connectivity index (χ4n) is 1.73. The molecule has 0 heterocycles. The first kappa shape index (κ1) is 12.0. The highest BCUT2D eigenvalue weighted by molar-refractivity contribution is 6.33. The average molecular weight is 255 g/mol. The van der Waals surface area contributed by atoms with Crippen LogP contribution in [0.2, 0.25) is 5.02 Å². The minimum absolute atomic E-state index is 0.159. The Morgan fingerprint density at radius 2 is 2.24 bits per heavy atom. The molecule has 17 heavy (non-hydrogen) atoms. The summed E-state index contributed by atoms with van der Waals surface area (Å²) in [6.45, 7) is 0. The van der Waals surface area contributed by atoms with Crippen molar-refractivity contribution in [3.05, 3.63) is 22.7 Å². The van der Waals surface area contributed by atoms with E-state index in [1.807, 2.05) is 0 Å². The van der Waals surface area contributed by atoms with E-state index < -0.39 is 0 Å². The molecule has 1 aliphatic rings. The number of carbonyl (C=O) groups is 1. The van der Waals surface area contributed by atoms with Gasteiger partial charge < -0.3 is 15.8 Å². The first-order chi connectivity index (χ1) is 8.11. The fourth-order valence-corrected chi connectivity index (χ4v) is 1.89. The monoisotopic (exact) mass is 254 g/mol. The van der Waals surface area contributed by atoms with Crippen molar-refractivity contribution in [3.8, 4) is 5.75 Å². The second-order valence-corrected chi connectivity index (χ2v) is 4.58. The van der Waals surface area contributed by atoms with Gasteiger partial charge in [0.05, 0.1) is 23.4 Å². The van der Waals surface area contributed by atoms with Crippen molar-refractivity contribution in [1.29, 1.82) is 0 Å². The molecule has 92 valence electrons. The number of amides is 1. The molecular formula is C12H15ClN2O2. The Kier molecular flexibility index (Phi) is 3.43. The smallest absolute Gasteiger partial charge is 0.255 e. The molecule has 0 spiro atoms. The van der Waals surface area contributed by atoms with Gasteiger partial charge in [-0.25, -0.2) is 0 Å². The third-order valence-electron chi connectivity index (χ3n) is 3.00. The number of nitrogens with two attached hydrogens (primary N) is 1. The number of halogens is 1. The standard InChI is InChI=1S/C12H15ClN2O2/c1-17-11-6-10(14)9(13)5-8(11)12(16)15-7-3-2-4-7/h5-7H,2-4,14H2,1H3,(H,15,16). The molecule has 1 amide bonds. The lowest BCUT2D eigenvalue weighted by Gasteiger charge is -2.26. The Morgan fingerprint density at radius 3 is 2.76 bits per heavy atom. The molecule has 1 saturated carbocycles. The number of carbonyl (C=O) groups excluding carboxylic acids is 1. The maximum absolute atomic E-state index is 12.0. The highest BCUT2D eigenvalue weighted by atomic mass is 35.5. The van der Waals surface area contributed by atoms with Crippen molar-refractivity contribution in [2.24, 2.45) is 0 Å². The van der Waals surface area contributed by atoms with Gasteiger partial charge in [-0.05, 0) is 25.3 Å². The van der Waals surface area contributed by atoms with Gasteiger partial charge in [0.15, 0.2) is 0 Å². The molecule has 4 nitrogen and oxygen atoms in total. The minimum Gasteiger partial charge on any atom is -0.496 e. The number of nitrogens with one attached hydrogen (secondary N) is 1. The summed E-state index contributed by atoms with van der Waals surface area (Å²) in [5.74, 6) is 0.289. The zero-order valence-corrected chi connectivity index (χ0v) is 10.4. The molecule has 0 radical (unpaired) electrons. The van der Waals surface area contributed by atoms with Crippen LogP contribution in [0.15, 0.2) is 12.1 Å². The van der Waals surface area contributed by atoms with Gasteiger partial charge >= 0.3 is 0 Å². The van der Waals surface area contributed by atoms with Gasteiger partial charge in [0.2, 0.25) is 0 Å². The molecule has 1 aromatic rings. The number of nitrogen functional groups attached to an aromatic ring is 1. The third-order valence-corrected chi connectivity index (χ3v) is 3.33. The molecule has 2 rings (SSSR count). The average Bonchev–Trinajstić information content (AvgIpc) is 2.26. The summed E-state index contributed by atoms with van der Waals surface area (Å²) in [4.78, 5) is 12.0. The molecule has 1 aromatic carbocycles. The first-order valence-corrected chi connectivity index (χ1v) is 5.93. The van der Waals surface area contributed by atoms with Crippen molar-refractivity contribution >= 4 is 23.2 Å². The molecule has 0 saturated heterocycles. The summed E-state index contributed by atoms with van der Waals surface area (Å²) in [5, 5.41) is 3.30. The molecule has 0 aliphatic heterocycles. The third kappa shape index (κ3) is 2.47. The quantitative estimate of drug-likeness (QED) is 0.813. The van der Waals surface area contributed by atoms with E-state index in [1.54, 1.807) is 12.1 Å². The summed E-state index contributed by atoms with van der Waals surface area (Å²) >= 11 is 5.91. The van der Waals surface area contributed by atoms with Gasteiger partial charge in [0, 0.05) is 12.1 Å². The molecule has 1 fully saturated rings. The zero-order chi connectivity index (χ0) is 12.4. The lowest BCUT2D eigenvalue weighted by atomic mass is 9.93. The van der Waals surface area contributed by atoms with Crippen molar-refractivity contribution in [1.82, 2.24) is 5.32 Å². The molecule has 0 unspecified atom stereocenters. The number of anilines is 1. The van der Waals surface area contributed by atoms with E-state index >= 15 is 0 Å². The van der Waals surface area contributed by atoms with Crippen LogP contribution in [-0.2, 0) is 0 Å². The first-order valence-electron chi connectivity index (χ1n) is 5.55.